The molecule has 0 radical (unpaired) electrons. The summed E-state index contributed by atoms with van der Waals surface area (Å²) in [5.74, 6) is 0.466. The third-order valence-electron chi connectivity index (χ3n) is 6.09. The van der Waals surface area contributed by atoms with Gasteiger partial charge in [-0.15, -0.1) is 0 Å². The second-order valence-corrected chi connectivity index (χ2v) is 8.42. The molecule has 0 aliphatic carbocycles. The number of hydrogen-bond donors (Lipinski definition) is 1. The number of rotatable bonds is 11. The number of carbonyl (C=O) groups is 1. The molecule has 1 aliphatic heterocycles. The second-order valence-electron chi connectivity index (χ2n) is 8.42. The average molecular weight is 406 g/mol. The first-order valence-corrected chi connectivity index (χ1v) is 11.2. The molecule has 4 atom stereocenters. The Bertz CT molecular complexity index is 615. The van der Waals surface area contributed by atoms with Crippen LogP contribution in [-0.2, 0) is 14.3 Å². The van der Waals surface area contributed by atoms with Crippen LogP contribution >= 0.6 is 0 Å². The van der Waals surface area contributed by atoms with Gasteiger partial charge in [-0.25, -0.2) is 0 Å². The van der Waals surface area contributed by atoms with Crippen LogP contribution in [0.15, 0.2) is 24.3 Å². The zero-order valence-corrected chi connectivity index (χ0v) is 18.6. The molecule has 5 heteroatoms. The van der Waals surface area contributed by atoms with E-state index in [1.54, 1.807) is 0 Å². The zero-order valence-electron chi connectivity index (χ0n) is 18.6. The van der Waals surface area contributed by atoms with Crippen LogP contribution < -0.4 is 0 Å². The van der Waals surface area contributed by atoms with Gasteiger partial charge in [0.2, 0.25) is 0 Å². The maximum absolute atomic E-state index is 12.5. The number of hydrogen-bond acceptors (Lipinski definition) is 5. The highest BCUT2D eigenvalue weighted by Gasteiger charge is 2.23. The summed E-state index contributed by atoms with van der Waals surface area (Å²) in [5, 5.41) is 10.2. The normalized spacial score (nSPS) is 19.3. The van der Waals surface area contributed by atoms with Crippen molar-refractivity contribution in [2.75, 3.05) is 39.5 Å². The molecule has 4 unspecified atom stereocenters. The number of nitrogens with zero attached hydrogens (tertiary/aromatic N) is 1. The van der Waals surface area contributed by atoms with E-state index in [1.165, 1.54) is 11.1 Å². The molecule has 1 N–H and O–H groups in total. The summed E-state index contributed by atoms with van der Waals surface area (Å²) in [7, 11) is 0. The quantitative estimate of drug-likeness (QED) is 0.565. The van der Waals surface area contributed by atoms with Crippen molar-refractivity contribution < 1.29 is 19.4 Å². The molecule has 1 aliphatic rings. The first-order chi connectivity index (χ1) is 13.9. The molecule has 1 saturated heterocycles. The van der Waals surface area contributed by atoms with E-state index in [-0.39, 0.29) is 18.5 Å². The van der Waals surface area contributed by atoms with Gasteiger partial charge in [-0.1, -0.05) is 52.0 Å². The molecule has 0 aromatic heterocycles. The van der Waals surface area contributed by atoms with Crippen LogP contribution in [0.5, 0.6) is 0 Å². The van der Waals surface area contributed by atoms with Gasteiger partial charge in [0.15, 0.2) is 0 Å². The Morgan fingerprint density at radius 3 is 2.52 bits per heavy atom. The van der Waals surface area contributed by atoms with Gasteiger partial charge in [-0.05, 0) is 42.2 Å². The zero-order chi connectivity index (χ0) is 21.2. The molecule has 29 heavy (non-hydrogen) atoms. The molecular weight excluding hydrogens is 366 g/mol. The lowest BCUT2D eigenvalue weighted by Gasteiger charge is -2.28. The van der Waals surface area contributed by atoms with Gasteiger partial charge < -0.3 is 14.6 Å². The van der Waals surface area contributed by atoms with Crippen LogP contribution in [0.3, 0.4) is 0 Å². The van der Waals surface area contributed by atoms with Crippen LogP contribution in [0.25, 0.3) is 0 Å². The van der Waals surface area contributed by atoms with Gasteiger partial charge in [0.25, 0.3) is 0 Å². The van der Waals surface area contributed by atoms with Gasteiger partial charge in [-0.3, -0.25) is 9.69 Å². The fourth-order valence-electron chi connectivity index (χ4n) is 3.87. The van der Waals surface area contributed by atoms with E-state index in [0.29, 0.717) is 31.6 Å². The fraction of sp³-hybridized carbons (Fsp3) is 0.708. The van der Waals surface area contributed by atoms with Crippen LogP contribution in [-0.4, -0.2) is 61.5 Å². The molecule has 164 valence electrons. The van der Waals surface area contributed by atoms with Crippen molar-refractivity contribution in [3.63, 3.8) is 0 Å². The predicted molar refractivity (Wildman–Crippen MR) is 116 cm³/mol. The number of aliphatic hydroxyl groups excluding tert-OH is 1. The van der Waals surface area contributed by atoms with Crippen LogP contribution in [0, 0.1) is 5.92 Å². The Hall–Kier alpha value is -1.43. The van der Waals surface area contributed by atoms with Gasteiger partial charge in [0.05, 0.1) is 19.1 Å². The highest BCUT2D eigenvalue weighted by molar-refractivity contribution is 5.72. The van der Waals surface area contributed by atoms with Crippen molar-refractivity contribution in [3.05, 3.63) is 35.4 Å². The van der Waals surface area contributed by atoms with Crippen LogP contribution in [0.4, 0.5) is 0 Å². The average Bonchev–Trinajstić information content (AvgIpc) is 2.75. The molecule has 0 spiro atoms. The third kappa shape index (κ3) is 7.72. The van der Waals surface area contributed by atoms with Crippen LogP contribution in [0.1, 0.15) is 69.9 Å². The smallest absolute Gasteiger partial charge is 0.308 e. The lowest BCUT2D eigenvalue weighted by molar-refractivity contribution is -0.151. The molecule has 0 saturated carbocycles. The van der Waals surface area contributed by atoms with E-state index in [1.807, 2.05) is 6.92 Å². The largest absolute Gasteiger partial charge is 0.463 e. The molecule has 0 bridgehead atoms. The molecule has 1 aromatic rings. The number of esters is 1. The molecule has 5 nitrogen and oxygen atoms in total. The fourth-order valence-corrected chi connectivity index (χ4v) is 3.87. The second kappa shape index (κ2) is 12.3. The van der Waals surface area contributed by atoms with Crippen molar-refractivity contribution in [3.8, 4) is 0 Å². The highest BCUT2D eigenvalue weighted by atomic mass is 16.5. The highest BCUT2D eigenvalue weighted by Crippen LogP contribution is 2.30. The summed E-state index contributed by atoms with van der Waals surface area (Å²) >= 11 is 0. The Morgan fingerprint density at radius 1 is 1.17 bits per heavy atom. The predicted octanol–water partition coefficient (Wildman–Crippen LogP) is 3.96. The summed E-state index contributed by atoms with van der Waals surface area (Å²) < 4.78 is 10.7. The van der Waals surface area contributed by atoms with Crippen molar-refractivity contribution in [2.24, 2.45) is 5.92 Å². The Kier molecular flexibility index (Phi) is 10.1. The van der Waals surface area contributed by atoms with Crippen molar-refractivity contribution in [2.45, 2.75) is 64.9 Å². The lowest BCUT2D eigenvalue weighted by Crippen LogP contribution is -2.42. The Labute approximate surface area is 176 Å². The summed E-state index contributed by atoms with van der Waals surface area (Å²) in [6, 6.07) is 8.79. The summed E-state index contributed by atoms with van der Waals surface area (Å²) in [6.07, 6.45) is 2.22. The molecular formula is C24H39NO4. The molecule has 1 fully saturated rings. The first-order valence-electron chi connectivity index (χ1n) is 11.2. The SMILES string of the molecule is CCC(C)c1cccc(C(CC)CC(C)C(=O)OCC(O)CN2CCOCC2)c1. The van der Waals surface area contributed by atoms with E-state index >= 15 is 0 Å². The first kappa shape index (κ1) is 23.8. The monoisotopic (exact) mass is 405 g/mol. The standard InChI is InChI=1S/C24H39NO4/c1-5-18(3)21-8-7-9-22(15-21)20(6-2)14-19(4)24(27)29-17-23(26)16-25-10-12-28-13-11-25/h7-9,15,18-20,23,26H,5-6,10-14,16-17H2,1-4H3. The van der Waals surface area contributed by atoms with Gasteiger partial charge in [0.1, 0.15) is 12.7 Å². The summed E-state index contributed by atoms with van der Waals surface area (Å²) in [5.41, 5.74) is 2.67. The van der Waals surface area contributed by atoms with Crippen molar-refractivity contribution in [1.29, 1.82) is 0 Å². The molecule has 0 amide bonds. The van der Waals surface area contributed by atoms with Gasteiger partial charge in [-0.2, -0.15) is 0 Å². The maximum Gasteiger partial charge on any atom is 0.308 e. The molecule has 1 heterocycles. The van der Waals surface area contributed by atoms with E-state index in [0.717, 1.165) is 32.4 Å². The van der Waals surface area contributed by atoms with Gasteiger partial charge in [0, 0.05) is 19.6 Å². The van der Waals surface area contributed by atoms with Crippen molar-refractivity contribution in [1.82, 2.24) is 4.90 Å². The molecule has 1 aromatic carbocycles. The molecule has 2 rings (SSSR count). The summed E-state index contributed by atoms with van der Waals surface area (Å²) in [4.78, 5) is 14.6. The van der Waals surface area contributed by atoms with Crippen molar-refractivity contribution >= 4 is 5.97 Å². The van der Waals surface area contributed by atoms with E-state index < -0.39 is 6.10 Å². The number of aliphatic hydroxyl groups is 1. The van der Waals surface area contributed by atoms with Crippen LogP contribution in [0.2, 0.25) is 0 Å². The maximum atomic E-state index is 12.5. The van der Waals surface area contributed by atoms with E-state index in [9.17, 15) is 9.90 Å². The lowest BCUT2D eigenvalue weighted by atomic mass is 9.85. The van der Waals surface area contributed by atoms with E-state index in [4.69, 9.17) is 9.47 Å². The Balaban J connectivity index is 1.83. The summed E-state index contributed by atoms with van der Waals surface area (Å²) in [6.45, 7) is 12.2. The number of benzene rings is 1. The third-order valence-corrected chi connectivity index (χ3v) is 6.09. The van der Waals surface area contributed by atoms with Gasteiger partial charge >= 0.3 is 5.97 Å². The number of ether oxygens (including phenoxy) is 2. The number of β-amino-alcohol motifs (C(OH)–C–C–N with tert-alkyl or cyclic N) is 1. The number of carbonyl (C=O) groups excluding carboxylic acids is 1. The minimum absolute atomic E-state index is 0.0564. The minimum Gasteiger partial charge on any atom is -0.463 e. The van der Waals surface area contributed by atoms with E-state index in [2.05, 4.69) is 49.9 Å². The topological polar surface area (TPSA) is 59.0 Å². The minimum atomic E-state index is -0.654. The number of morpholine rings is 1. The Morgan fingerprint density at radius 2 is 1.86 bits per heavy atom.